The van der Waals surface area contributed by atoms with Crippen molar-refractivity contribution in [3.05, 3.63) is 106 Å². The monoisotopic (exact) mass is 418 g/mol. The SMILES string of the molecule is Brc1ccc(Cc2nnc(CCc3ccccc3-c3ccccc3)o2)cc1. The number of halogens is 1. The van der Waals surface area contributed by atoms with Crippen LogP contribution in [-0.4, -0.2) is 10.2 Å². The molecule has 0 radical (unpaired) electrons. The highest BCUT2D eigenvalue weighted by molar-refractivity contribution is 9.10. The third kappa shape index (κ3) is 4.52. The molecule has 4 heteroatoms. The minimum Gasteiger partial charge on any atom is -0.425 e. The molecule has 0 unspecified atom stereocenters. The number of hydrogen-bond donors (Lipinski definition) is 0. The summed E-state index contributed by atoms with van der Waals surface area (Å²) in [4.78, 5) is 0. The van der Waals surface area contributed by atoms with Crippen molar-refractivity contribution < 1.29 is 4.42 Å². The summed E-state index contributed by atoms with van der Waals surface area (Å²) in [6.07, 6.45) is 2.25. The molecule has 0 N–H and O–H groups in total. The molecule has 0 amide bonds. The van der Waals surface area contributed by atoms with Crippen LogP contribution in [0.5, 0.6) is 0 Å². The zero-order valence-corrected chi connectivity index (χ0v) is 16.4. The van der Waals surface area contributed by atoms with Crippen LogP contribution in [-0.2, 0) is 19.3 Å². The van der Waals surface area contributed by atoms with Gasteiger partial charge in [-0.1, -0.05) is 82.7 Å². The van der Waals surface area contributed by atoms with Crippen LogP contribution >= 0.6 is 15.9 Å². The number of aromatic nitrogens is 2. The van der Waals surface area contributed by atoms with Gasteiger partial charge in [0.25, 0.3) is 0 Å². The van der Waals surface area contributed by atoms with Crippen molar-refractivity contribution in [2.45, 2.75) is 19.3 Å². The Labute approximate surface area is 167 Å². The van der Waals surface area contributed by atoms with Crippen LogP contribution in [0.4, 0.5) is 0 Å². The molecule has 0 saturated carbocycles. The smallest absolute Gasteiger partial charge is 0.220 e. The van der Waals surface area contributed by atoms with E-state index in [9.17, 15) is 0 Å². The molecule has 0 fully saturated rings. The Morgan fingerprint density at radius 3 is 2.22 bits per heavy atom. The van der Waals surface area contributed by atoms with Gasteiger partial charge in [-0.2, -0.15) is 0 Å². The van der Waals surface area contributed by atoms with E-state index in [1.807, 2.05) is 18.2 Å². The third-order valence-electron chi connectivity index (χ3n) is 4.49. The average molecular weight is 419 g/mol. The van der Waals surface area contributed by atoms with Crippen LogP contribution in [0.25, 0.3) is 11.1 Å². The fourth-order valence-electron chi connectivity index (χ4n) is 3.12. The van der Waals surface area contributed by atoms with Gasteiger partial charge in [0.05, 0.1) is 6.42 Å². The first-order chi connectivity index (χ1) is 13.3. The van der Waals surface area contributed by atoms with Crippen LogP contribution < -0.4 is 0 Å². The minimum atomic E-state index is 0.654. The maximum Gasteiger partial charge on any atom is 0.220 e. The van der Waals surface area contributed by atoms with Gasteiger partial charge in [-0.25, -0.2) is 0 Å². The Morgan fingerprint density at radius 2 is 1.41 bits per heavy atom. The Hall–Kier alpha value is -2.72. The fraction of sp³-hybridized carbons (Fsp3) is 0.130. The summed E-state index contributed by atoms with van der Waals surface area (Å²) in [5.74, 6) is 1.34. The molecule has 4 rings (SSSR count). The van der Waals surface area contributed by atoms with Gasteiger partial charge >= 0.3 is 0 Å². The summed E-state index contributed by atoms with van der Waals surface area (Å²) in [5, 5.41) is 8.42. The lowest BCUT2D eigenvalue weighted by Gasteiger charge is -2.08. The second-order valence-corrected chi connectivity index (χ2v) is 7.33. The van der Waals surface area contributed by atoms with Gasteiger partial charge in [0.15, 0.2) is 0 Å². The van der Waals surface area contributed by atoms with Crippen LogP contribution in [0.15, 0.2) is 87.8 Å². The molecule has 1 aromatic heterocycles. The molecule has 0 bridgehead atoms. The Bertz CT molecular complexity index is 1010. The van der Waals surface area contributed by atoms with Crippen LogP contribution in [0.2, 0.25) is 0 Å². The molecule has 0 aliphatic heterocycles. The maximum absolute atomic E-state index is 5.85. The van der Waals surface area contributed by atoms with Crippen molar-refractivity contribution in [2.24, 2.45) is 0 Å². The van der Waals surface area contributed by atoms with Crippen molar-refractivity contribution in [3.63, 3.8) is 0 Å². The quantitative estimate of drug-likeness (QED) is 0.392. The minimum absolute atomic E-state index is 0.654. The van der Waals surface area contributed by atoms with E-state index in [0.29, 0.717) is 18.2 Å². The number of rotatable bonds is 6. The summed E-state index contributed by atoms with van der Waals surface area (Å²) in [6.45, 7) is 0. The average Bonchev–Trinajstić information content (AvgIpc) is 3.16. The normalized spacial score (nSPS) is 10.9. The highest BCUT2D eigenvalue weighted by Crippen LogP contribution is 2.24. The predicted molar refractivity (Wildman–Crippen MR) is 111 cm³/mol. The maximum atomic E-state index is 5.85. The van der Waals surface area contributed by atoms with E-state index in [4.69, 9.17) is 4.42 Å². The molecule has 3 aromatic carbocycles. The fourth-order valence-corrected chi connectivity index (χ4v) is 3.38. The van der Waals surface area contributed by atoms with Gasteiger partial charge in [0.1, 0.15) is 0 Å². The summed E-state index contributed by atoms with van der Waals surface area (Å²) in [7, 11) is 0. The van der Waals surface area contributed by atoms with Gasteiger partial charge in [-0.3, -0.25) is 0 Å². The van der Waals surface area contributed by atoms with Crippen LogP contribution in [0.3, 0.4) is 0 Å². The molecular formula is C23H19BrN2O. The van der Waals surface area contributed by atoms with E-state index in [2.05, 4.69) is 86.8 Å². The molecule has 4 aromatic rings. The highest BCUT2D eigenvalue weighted by atomic mass is 79.9. The van der Waals surface area contributed by atoms with E-state index in [0.717, 1.165) is 22.9 Å². The van der Waals surface area contributed by atoms with Gasteiger partial charge < -0.3 is 4.42 Å². The molecule has 0 saturated heterocycles. The van der Waals surface area contributed by atoms with Gasteiger partial charge in [-0.05, 0) is 40.8 Å². The zero-order chi connectivity index (χ0) is 18.5. The lowest BCUT2D eigenvalue weighted by Crippen LogP contribution is -1.94. The van der Waals surface area contributed by atoms with E-state index in [-0.39, 0.29) is 0 Å². The first-order valence-corrected chi connectivity index (χ1v) is 9.76. The lowest BCUT2D eigenvalue weighted by atomic mass is 9.97. The first-order valence-electron chi connectivity index (χ1n) is 8.97. The number of aryl methyl sites for hydroxylation is 2. The summed E-state index contributed by atoms with van der Waals surface area (Å²) in [6, 6.07) is 27.1. The van der Waals surface area contributed by atoms with E-state index in [1.165, 1.54) is 16.7 Å². The standard InChI is InChI=1S/C23H19BrN2O/c24-20-13-10-17(11-14-20)16-23-26-25-22(27-23)15-12-19-8-4-5-9-21(19)18-6-2-1-3-7-18/h1-11,13-14H,12,15-16H2. The molecular weight excluding hydrogens is 400 g/mol. The van der Waals surface area contributed by atoms with Crippen LogP contribution in [0.1, 0.15) is 22.9 Å². The van der Waals surface area contributed by atoms with Crippen LogP contribution in [0, 0.1) is 0 Å². The number of hydrogen-bond acceptors (Lipinski definition) is 3. The topological polar surface area (TPSA) is 38.9 Å². The zero-order valence-electron chi connectivity index (χ0n) is 14.8. The molecule has 134 valence electrons. The Morgan fingerprint density at radius 1 is 0.704 bits per heavy atom. The van der Waals surface area contributed by atoms with Crippen molar-refractivity contribution >= 4 is 15.9 Å². The van der Waals surface area contributed by atoms with E-state index in [1.54, 1.807) is 0 Å². The lowest BCUT2D eigenvalue weighted by molar-refractivity contribution is 0.457. The van der Waals surface area contributed by atoms with Gasteiger partial charge in [-0.15, -0.1) is 10.2 Å². The second-order valence-electron chi connectivity index (χ2n) is 6.42. The molecule has 27 heavy (non-hydrogen) atoms. The molecule has 0 spiro atoms. The van der Waals surface area contributed by atoms with Crippen molar-refractivity contribution in [3.8, 4) is 11.1 Å². The molecule has 1 heterocycles. The Balaban J connectivity index is 1.44. The molecule has 0 aliphatic carbocycles. The Kier molecular flexibility index (Phi) is 5.45. The molecule has 0 atom stereocenters. The molecule has 0 aliphatic rings. The summed E-state index contributed by atoms with van der Waals surface area (Å²) in [5.41, 5.74) is 4.93. The predicted octanol–water partition coefficient (Wildman–Crippen LogP) is 5.88. The van der Waals surface area contributed by atoms with E-state index >= 15 is 0 Å². The summed E-state index contributed by atoms with van der Waals surface area (Å²) < 4.78 is 6.92. The van der Waals surface area contributed by atoms with E-state index < -0.39 is 0 Å². The number of benzene rings is 3. The number of nitrogens with zero attached hydrogens (tertiary/aromatic N) is 2. The van der Waals surface area contributed by atoms with Gasteiger partial charge in [0.2, 0.25) is 11.8 Å². The second kappa shape index (κ2) is 8.31. The van der Waals surface area contributed by atoms with Gasteiger partial charge in [0, 0.05) is 10.9 Å². The third-order valence-corrected chi connectivity index (χ3v) is 5.02. The largest absolute Gasteiger partial charge is 0.425 e. The summed E-state index contributed by atoms with van der Waals surface area (Å²) >= 11 is 3.45. The first kappa shape index (κ1) is 17.7. The van der Waals surface area contributed by atoms with Crippen molar-refractivity contribution in [1.29, 1.82) is 0 Å². The van der Waals surface area contributed by atoms with Crippen molar-refractivity contribution in [1.82, 2.24) is 10.2 Å². The van der Waals surface area contributed by atoms with Crippen molar-refractivity contribution in [2.75, 3.05) is 0 Å². The molecule has 3 nitrogen and oxygen atoms in total. The highest BCUT2D eigenvalue weighted by Gasteiger charge is 2.10.